The van der Waals surface area contributed by atoms with Gasteiger partial charge < -0.3 is 9.90 Å². The van der Waals surface area contributed by atoms with Gasteiger partial charge in [-0.1, -0.05) is 23.7 Å². The van der Waals surface area contributed by atoms with Crippen molar-refractivity contribution >= 4 is 17.6 Å². The summed E-state index contributed by atoms with van der Waals surface area (Å²) in [5.41, 5.74) is 0.0850. The first-order chi connectivity index (χ1) is 6.15. The molecule has 1 aromatic rings. The van der Waals surface area contributed by atoms with E-state index >= 15 is 0 Å². The SMILES string of the molecule is O=C([O-])C1(c2ccc(Cl)cc2)CC1. The Morgan fingerprint density at radius 1 is 1.31 bits per heavy atom. The molecule has 1 aromatic carbocycles. The van der Waals surface area contributed by atoms with Crippen LogP contribution in [0, 0.1) is 0 Å². The van der Waals surface area contributed by atoms with Gasteiger partial charge in [-0.3, -0.25) is 0 Å². The van der Waals surface area contributed by atoms with Gasteiger partial charge in [0.2, 0.25) is 0 Å². The number of carbonyl (C=O) groups is 1. The molecule has 2 nitrogen and oxygen atoms in total. The van der Waals surface area contributed by atoms with Gasteiger partial charge in [-0.15, -0.1) is 0 Å². The Morgan fingerprint density at radius 3 is 2.23 bits per heavy atom. The predicted octanol–water partition coefficient (Wildman–Crippen LogP) is 1.12. The van der Waals surface area contributed by atoms with Crippen LogP contribution < -0.4 is 5.11 Å². The molecule has 2 rings (SSSR count). The zero-order valence-corrected chi connectivity index (χ0v) is 7.67. The lowest BCUT2D eigenvalue weighted by Gasteiger charge is -2.16. The van der Waals surface area contributed by atoms with Gasteiger partial charge in [0, 0.05) is 10.4 Å². The van der Waals surface area contributed by atoms with Gasteiger partial charge in [0.1, 0.15) is 0 Å². The van der Waals surface area contributed by atoms with E-state index in [1.807, 2.05) is 0 Å². The summed E-state index contributed by atoms with van der Waals surface area (Å²) in [5.74, 6) is -0.977. The molecule has 0 unspecified atom stereocenters. The molecule has 3 heteroatoms. The second-order valence-electron chi connectivity index (χ2n) is 3.38. The van der Waals surface area contributed by atoms with Crippen LogP contribution in [-0.2, 0) is 10.2 Å². The van der Waals surface area contributed by atoms with Gasteiger partial charge in [-0.25, -0.2) is 0 Å². The minimum atomic E-state index is -0.977. The van der Waals surface area contributed by atoms with E-state index in [1.165, 1.54) is 0 Å². The average molecular weight is 196 g/mol. The van der Waals surface area contributed by atoms with E-state index in [-0.39, 0.29) is 0 Å². The quantitative estimate of drug-likeness (QED) is 0.710. The summed E-state index contributed by atoms with van der Waals surface area (Å²) in [7, 11) is 0. The van der Waals surface area contributed by atoms with Gasteiger partial charge >= 0.3 is 0 Å². The number of carboxylic acid groups (broad SMARTS) is 1. The molecule has 0 heterocycles. The molecule has 0 saturated heterocycles. The third-order valence-electron chi connectivity index (χ3n) is 2.54. The molecule has 1 aliphatic carbocycles. The van der Waals surface area contributed by atoms with E-state index in [4.69, 9.17) is 11.6 Å². The number of carboxylic acids is 1. The van der Waals surface area contributed by atoms with E-state index in [2.05, 4.69) is 0 Å². The lowest BCUT2D eigenvalue weighted by molar-refractivity contribution is -0.309. The first-order valence-corrected chi connectivity index (χ1v) is 4.50. The van der Waals surface area contributed by atoms with Crippen molar-refractivity contribution in [1.29, 1.82) is 0 Å². The highest BCUT2D eigenvalue weighted by Crippen LogP contribution is 2.47. The van der Waals surface area contributed by atoms with Crippen LogP contribution in [0.2, 0.25) is 5.02 Å². The second kappa shape index (κ2) is 2.74. The summed E-state index contributed by atoms with van der Waals surface area (Å²) < 4.78 is 0. The zero-order valence-electron chi connectivity index (χ0n) is 6.92. The van der Waals surface area contributed by atoms with Gasteiger partial charge in [0.25, 0.3) is 0 Å². The molecule has 0 atom stereocenters. The number of benzene rings is 1. The summed E-state index contributed by atoms with van der Waals surface area (Å²) in [6, 6.07) is 6.93. The predicted molar refractivity (Wildman–Crippen MR) is 47.4 cm³/mol. The maximum atomic E-state index is 10.8. The lowest BCUT2D eigenvalue weighted by Crippen LogP contribution is -2.35. The first kappa shape index (κ1) is 8.57. The average Bonchev–Trinajstić information content (AvgIpc) is 2.86. The molecule has 0 bridgehead atoms. The monoisotopic (exact) mass is 195 g/mol. The third kappa shape index (κ3) is 1.31. The molecule has 0 aromatic heterocycles. The fraction of sp³-hybridized carbons (Fsp3) is 0.300. The van der Waals surface area contributed by atoms with Crippen molar-refractivity contribution in [3.63, 3.8) is 0 Å². The van der Waals surface area contributed by atoms with Crippen molar-refractivity contribution in [3.05, 3.63) is 34.9 Å². The molecule has 0 spiro atoms. The zero-order chi connectivity index (χ0) is 9.47. The highest BCUT2D eigenvalue weighted by atomic mass is 35.5. The molecule has 1 saturated carbocycles. The molecular formula is C10H8ClO2-. The van der Waals surface area contributed by atoms with Crippen LogP contribution in [0.3, 0.4) is 0 Å². The van der Waals surface area contributed by atoms with Crippen LogP contribution >= 0.6 is 11.6 Å². The van der Waals surface area contributed by atoms with Crippen molar-refractivity contribution in [1.82, 2.24) is 0 Å². The smallest absolute Gasteiger partial charge is 0.0520 e. The van der Waals surface area contributed by atoms with E-state index < -0.39 is 11.4 Å². The number of hydrogen-bond donors (Lipinski definition) is 0. The normalized spacial score (nSPS) is 18.2. The van der Waals surface area contributed by atoms with Crippen LogP contribution in [0.4, 0.5) is 0 Å². The van der Waals surface area contributed by atoms with Crippen molar-refractivity contribution < 1.29 is 9.90 Å². The largest absolute Gasteiger partial charge is 0.549 e. The van der Waals surface area contributed by atoms with E-state index in [0.29, 0.717) is 17.9 Å². The van der Waals surface area contributed by atoms with Crippen LogP contribution in [0.1, 0.15) is 18.4 Å². The molecule has 0 radical (unpaired) electrons. The topological polar surface area (TPSA) is 40.1 Å². The lowest BCUT2D eigenvalue weighted by atomic mass is 9.96. The number of aliphatic carboxylic acids is 1. The number of hydrogen-bond acceptors (Lipinski definition) is 2. The Balaban J connectivity index is 2.36. The van der Waals surface area contributed by atoms with Crippen molar-refractivity contribution in [2.24, 2.45) is 0 Å². The van der Waals surface area contributed by atoms with Crippen LogP contribution in [0.5, 0.6) is 0 Å². The summed E-state index contributed by atoms with van der Waals surface area (Å²) in [5, 5.41) is 11.4. The van der Waals surface area contributed by atoms with Gasteiger partial charge in [-0.05, 0) is 30.5 Å². The number of rotatable bonds is 2. The Hall–Kier alpha value is -1.02. The molecule has 0 amide bonds. The second-order valence-corrected chi connectivity index (χ2v) is 3.81. The Bertz CT molecular complexity index is 338. The van der Waals surface area contributed by atoms with E-state index in [1.54, 1.807) is 24.3 Å². The molecule has 1 aliphatic rings. The summed E-state index contributed by atoms with van der Waals surface area (Å²) in [6.45, 7) is 0. The fourth-order valence-corrected chi connectivity index (χ4v) is 1.63. The van der Waals surface area contributed by atoms with Crippen molar-refractivity contribution in [3.8, 4) is 0 Å². The van der Waals surface area contributed by atoms with Crippen LogP contribution in [-0.4, -0.2) is 5.97 Å². The molecular weight excluding hydrogens is 188 g/mol. The van der Waals surface area contributed by atoms with Gasteiger partial charge in [0.05, 0.1) is 5.97 Å². The van der Waals surface area contributed by atoms with Crippen LogP contribution in [0.25, 0.3) is 0 Å². The van der Waals surface area contributed by atoms with Crippen LogP contribution in [0.15, 0.2) is 24.3 Å². The minimum Gasteiger partial charge on any atom is -0.549 e. The first-order valence-electron chi connectivity index (χ1n) is 4.13. The maximum absolute atomic E-state index is 10.8. The fourth-order valence-electron chi connectivity index (χ4n) is 1.50. The standard InChI is InChI=1S/C10H9ClO2/c11-8-3-1-7(2-4-8)10(5-6-10)9(12)13/h1-4H,5-6H2,(H,12,13)/p-1. The van der Waals surface area contributed by atoms with E-state index in [9.17, 15) is 9.90 Å². The van der Waals surface area contributed by atoms with Crippen molar-refractivity contribution in [2.75, 3.05) is 0 Å². The Morgan fingerprint density at radius 2 is 1.85 bits per heavy atom. The highest BCUT2D eigenvalue weighted by Gasteiger charge is 2.45. The molecule has 1 fully saturated rings. The molecule has 68 valence electrons. The van der Waals surface area contributed by atoms with Crippen molar-refractivity contribution in [2.45, 2.75) is 18.3 Å². The Labute approximate surface area is 81.1 Å². The third-order valence-corrected chi connectivity index (χ3v) is 2.79. The Kier molecular flexibility index (Phi) is 1.81. The number of halogens is 1. The molecule has 0 N–H and O–H groups in total. The minimum absolute atomic E-state index is 0.623. The summed E-state index contributed by atoms with van der Waals surface area (Å²) in [6.07, 6.45) is 1.36. The molecule has 13 heavy (non-hydrogen) atoms. The van der Waals surface area contributed by atoms with E-state index in [0.717, 1.165) is 5.56 Å². The maximum Gasteiger partial charge on any atom is 0.0520 e. The van der Waals surface area contributed by atoms with Gasteiger partial charge in [0.15, 0.2) is 0 Å². The number of carbonyl (C=O) groups excluding carboxylic acids is 1. The summed E-state index contributed by atoms with van der Waals surface area (Å²) in [4.78, 5) is 10.8. The molecule has 0 aliphatic heterocycles. The highest BCUT2D eigenvalue weighted by molar-refractivity contribution is 6.30. The summed E-state index contributed by atoms with van der Waals surface area (Å²) >= 11 is 5.70. The van der Waals surface area contributed by atoms with Gasteiger partial charge in [-0.2, -0.15) is 0 Å².